The molecule has 0 radical (unpaired) electrons. The fourth-order valence-corrected chi connectivity index (χ4v) is 1.88. The normalized spacial score (nSPS) is 16.3. The van der Waals surface area contributed by atoms with Crippen LogP contribution in [0.5, 0.6) is 0 Å². The van der Waals surface area contributed by atoms with E-state index in [4.69, 9.17) is 23.2 Å². The molecule has 0 unspecified atom stereocenters. The van der Waals surface area contributed by atoms with E-state index in [1.165, 1.54) is 4.90 Å². The van der Waals surface area contributed by atoms with Gasteiger partial charge in [-0.1, -0.05) is 23.2 Å². The fourth-order valence-electron chi connectivity index (χ4n) is 1.50. The Balaban J connectivity index is 2.41. The van der Waals surface area contributed by atoms with Gasteiger partial charge in [-0.05, 0) is 18.2 Å². The Morgan fingerprint density at radius 2 is 1.93 bits per heavy atom. The Labute approximate surface area is 96.6 Å². The summed E-state index contributed by atoms with van der Waals surface area (Å²) in [6, 6.07) is 4.82. The summed E-state index contributed by atoms with van der Waals surface area (Å²) in [6.45, 7) is 0.0822. The van der Waals surface area contributed by atoms with Crippen LogP contribution < -0.4 is 4.90 Å². The van der Waals surface area contributed by atoms with E-state index in [0.29, 0.717) is 15.7 Å². The molecule has 15 heavy (non-hydrogen) atoms. The Morgan fingerprint density at radius 3 is 2.53 bits per heavy atom. The maximum Gasteiger partial charge on any atom is 0.234 e. The van der Waals surface area contributed by atoms with Crippen molar-refractivity contribution in [3.63, 3.8) is 0 Å². The van der Waals surface area contributed by atoms with Gasteiger partial charge in [0.15, 0.2) is 5.78 Å². The molecule has 1 fully saturated rings. The van der Waals surface area contributed by atoms with Crippen molar-refractivity contribution in [2.24, 2.45) is 0 Å². The zero-order chi connectivity index (χ0) is 11.0. The van der Waals surface area contributed by atoms with Gasteiger partial charge in [-0.25, -0.2) is 0 Å². The quantitative estimate of drug-likeness (QED) is 0.711. The molecule has 0 atom stereocenters. The van der Waals surface area contributed by atoms with Crippen LogP contribution in [-0.4, -0.2) is 18.2 Å². The molecular formula is C10H7Cl2NO2. The first-order chi connectivity index (χ1) is 7.08. The van der Waals surface area contributed by atoms with Gasteiger partial charge in [0.1, 0.15) is 0 Å². The SMILES string of the molecule is O=C1CC(=O)N(c2cc(Cl)ccc2Cl)C1. The number of anilines is 1. The second kappa shape index (κ2) is 3.83. The van der Waals surface area contributed by atoms with Crippen molar-refractivity contribution < 1.29 is 9.59 Å². The van der Waals surface area contributed by atoms with Gasteiger partial charge in [0, 0.05) is 5.02 Å². The minimum absolute atomic E-state index is 0.0527. The highest BCUT2D eigenvalue weighted by molar-refractivity contribution is 6.36. The lowest BCUT2D eigenvalue weighted by molar-refractivity contribution is -0.121. The topological polar surface area (TPSA) is 37.4 Å². The molecule has 1 saturated heterocycles. The minimum atomic E-state index is -0.232. The summed E-state index contributed by atoms with van der Waals surface area (Å²) >= 11 is 11.7. The van der Waals surface area contributed by atoms with Crippen LogP contribution in [0, 0.1) is 0 Å². The van der Waals surface area contributed by atoms with Gasteiger partial charge < -0.3 is 4.90 Å². The number of carbonyl (C=O) groups is 2. The lowest BCUT2D eigenvalue weighted by Crippen LogP contribution is -2.24. The number of rotatable bonds is 1. The summed E-state index contributed by atoms with van der Waals surface area (Å²) in [7, 11) is 0. The van der Waals surface area contributed by atoms with Crippen molar-refractivity contribution in [3.8, 4) is 0 Å². The largest absolute Gasteiger partial charge is 0.303 e. The molecule has 1 aliphatic rings. The van der Waals surface area contributed by atoms with Crippen LogP contribution in [0.1, 0.15) is 6.42 Å². The zero-order valence-corrected chi connectivity index (χ0v) is 9.18. The Kier molecular flexibility index (Phi) is 2.67. The van der Waals surface area contributed by atoms with Crippen LogP contribution in [0.4, 0.5) is 5.69 Å². The van der Waals surface area contributed by atoms with Crippen LogP contribution in [0.25, 0.3) is 0 Å². The number of hydrogen-bond donors (Lipinski definition) is 0. The van der Waals surface area contributed by atoms with Gasteiger partial charge in [-0.2, -0.15) is 0 Å². The van der Waals surface area contributed by atoms with E-state index in [2.05, 4.69) is 0 Å². The van der Waals surface area contributed by atoms with Crippen molar-refractivity contribution in [1.82, 2.24) is 0 Å². The molecule has 1 amide bonds. The van der Waals surface area contributed by atoms with Crippen LogP contribution in [0.15, 0.2) is 18.2 Å². The molecule has 1 aromatic rings. The van der Waals surface area contributed by atoms with Crippen molar-refractivity contribution >= 4 is 40.6 Å². The predicted octanol–water partition coefficient (Wildman–Crippen LogP) is 2.30. The van der Waals surface area contributed by atoms with E-state index in [9.17, 15) is 9.59 Å². The molecule has 0 N–H and O–H groups in total. The van der Waals surface area contributed by atoms with E-state index in [1.54, 1.807) is 18.2 Å². The van der Waals surface area contributed by atoms with Crippen LogP contribution >= 0.6 is 23.2 Å². The molecule has 0 bridgehead atoms. The third-order valence-electron chi connectivity index (χ3n) is 2.18. The molecule has 0 aromatic heterocycles. The molecule has 0 aliphatic carbocycles. The van der Waals surface area contributed by atoms with E-state index in [-0.39, 0.29) is 24.7 Å². The number of halogens is 2. The van der Waals surface area contributed by atoms with Gasteiger partial charge >= 0.3 is 0 Å². The third-order valence-corrected chi connectivity index (χ3v) is 2.74. The minimum Gasteiger partial charge on any atom is -0.303 e. The smallest absolute Gasteiger partial charge is 0.234 e. The molecule has 5 heteroatoms. The fraction of sp³-hybridized carbons (Fsp3) is 0.200. The first kappa shape index (κ1) is 10.5. The second-order valence-corrected chi connectivity index (χ2v) is 4.13. The summed E-state index contributed by atoms with van der Waals surface area (Å²) in [5.74, 6) is -0.333. The van der Waals surface area contributed by atoms with Crippen LogP contribution in [0.3, 0.4) is 0 Å². The van der Waals surface area contributed by atoms with Gasteiger partial charge in [-0.15, -0.1) is 0 Å². The molecule has 2 rings (SSSR count). The second-order valence-electron chi connectivity index (χ2n) is 3.29. The molecule has 0 saturated carbocycles. The third kappa shape index (κ3) is 1.98. The number of hydrogen-bond acceptors (Lipinski definition) is 2. The number of carbonyl (C=O) groups excluding carboxylic acids is 2. The average molecular weight is 244 g/mol. The number of Topliss-reactive ketones (excluding diaryl/α,β-unsaturated/α-hetero) is 1. The van der Waals surface area contributed by atoms with Gasteiger partial charge in [0.05, 0.1) is 23.7 Å². The number of benzene rings is 1. The summed E-state index contributed by atoms with van der Waals surface area (Å²) < 4.78 is 0. The zero-order valence-electron chi connectivity index (χ0n) is 7.67. The summed E-state index contributed by atoms with van der Waals surface area (Å²) in [6.07, 6.45) is -0.0527. The number of amides is 1. The van der Waals surface area contributed by atoms with E-state index < -0.39 is 0 Å². The Morgan fingerprint density at radius 1 is 1.20 bits per heavy atom. The van der Waals surface area contributed by atoms with E-state index in [0.717, 1.165) is 0 Å². The van der Waals surface area contributed by atoms with E-state index in [1.807, 2.05) is 0 Å². The summed E-state index contributed by atoms with van der Waals surface area (Å²) in [5.41, 5.74) is 0.500. The lowest BCUT2D eigenvalue weighted by Gasteiger charge is -2.16. The highest BCUT2D eigenvalue weighted by Gasteiger charge is 2.29. The first-order valence-corrected chi connectivity index (χ1v) is 5.10. The molecule has 78 valence electrons. The highest BCUT2D eigenvalue weighted by atomic mass is 35.5. The van der Waals surface area contributed by atoms with Crippen molar-refractivity contribution in [2.75, 3.05) is 11.4 Å². The Bertz CT molecular complexity index is 445. The van der Waals surface area contributed by atoms with Crippen molar-refractivity contribution in [2.45, 2.75) is 6.42 Å². The molecule has 1 heterocycles. The monoisotopic (exact) mass is 243 g/mol. The van der Waals surface area contributed by atoms with Gasteiger partial charge in [0.25, 0.3) is 0 Å². The molecular weight excluding hydrogens is 237 g/mol. The van der Waals surface area contributed by atoms with Gasteiger partial charge in [-0.3, -0.25) is 9.59 Å². The standard InChI is InChI=1S/C10H7Cl2NO2/c11-6-1-2-8(12)9(3-6)13-5-7(14)4-10(13)15/h1-3H,4-5H2. The molecule has 1 aliphatic heterocycles. The number of nitrogens with zero attached hydrogens (tertiary/aromatic N) is 1. The van der Waals surface area contributed by atoms with Crippen LogP contribution in [-0.2, 0) is 9.59 Å². The molecule has 3 nitrogen and oxygen atoms in total. The maximum absolute atomic E-state index is 11.5. The van der Waals surface area contributed by atoms with Crippen molar-refractivity contribution in [3.05, 3.63) is 28.2 Å². The maximum atomic E-state index is 11.5. The number of ketones is 1. The summed E-state index contributed by atoms with van der Waals surface area (Å²) in [5, 5.41) is 0.906. The highest BCUT2D eigenvalue weighted by Crippen LogP contribution is 2.31. The average Bonchev–Trinajstić information content (AvgIpc) is 2.50. The molecule has 0 spiro atoms. The van der Waals surface area contributed by atoms with Crippen molar-refractivity contribution in [1.29, 1.82) is 0 Å². The lowest BCUT2D eigenvalue weighted by atomic mass is 10.3. The Hall–Kier alpha value is -1.06. The van der Waals surface area contributed by atoms with Gasteiger partial charge in [0.2, 0.25) is 5.91 Å². The first-order valence-electron chi connectivity index (χ1n) is 4.35. The predicted molar refractivity (Wildman–Crippen MR) is 58.4 cm³/mol. The molecule has 1 aromatic carbocycles. The van der Waals surface area contributed by atoms with E-state index >= 15 is 0 Å². The van der Waals surface area contributed by atoms with Crippen LogP contribution in [0.2, 0.25) is 10.0 Å². The summed E-state index contributed by atoms with van der Waals surface area (Å²) in [4.78, 5) is 23.9.